The minimum absolute atomic E-state index is 0.114. The smallest absolute Gasteiger partial charge is 0.328 e. The number of aliphatic carboxylic acids is 1. The normalized spacial score (nSPS) is 19.2. The number of unbranched alkanes of at least 4 members (excludes halogenated alkanes) is 2. The molecule has 174 valence electrons. The fraction of sp³-hybridized carbons (Fsp3) is 0.619. The van der Waals surface area contributed by atoms with Gasteiger partial charge < -0.3 is 20.6 Å². The summed E-state index contributed by atoms with van der Waals surface area (Å²) in [5, 5.41) is 9.34. The number of amides is 1. The van der Waals surface area contributed by atoms with E-state index in [1.165, 1.54) is 17.0 Å². The predicted molar refractivity (Wildman–Crippen MR) is 114 cm³/mol. The number of carboxylic acid groups (broad SMARTS) is 1. The summed E-state index contributed by atoms with van der Waals surface area (Å²) in [5.41, 5.74) is 6.43. The topological polar surface area (TPSA) is 130 Å². The Labute approximate surface area is 182 Å². The lowest BCUT2D eigenvalue weighted by molar-refractivity contribution is -0.151. The molecule has 0 saturated carbocycles. The number of halogens is 1. The van der Waals surface area contributed by atoms with Crippen LogP contribution in [-0.4, -0.2) is 58.2 Å². The van der Waals surface area contributed by atoms with Crippen molar-refractivity contribution in [2.45, 2.75) is 63.5 Å². The van der Waals surface area contributed by atoms with Crippen LogP contribution in [0, 0.1) is 5.82 Å². The molecule has 2 rings (SSSR count). The van der Waals surface area contributed by atoms with Gasteiger partial charge in [0.2, 0.25) is 0 Å². The van der Waals surface area contributed by atoms with E-state index in [1.54, 1.807) is 12.1 Å². The van der Waals surface area contributed by atoms with Gasteiger partial charge in [0.1, 0.15) is 18.0 Å². The van der Waals surface area contributed by atoms with E-state index in [-0.39, 0.29) is 18.4 Å². The Morgan fingerprint density at radius 1 is 1.23 bits per heavy atom. The molecule has 0 bridgehead atoms. The van der Waals surface area contributed by atoms with Crippen LogP contribution in [0.2, 0.25) is 0 Å². The number of aryl methyl sites for hydroxylation is 1. The summed E-state index contributed by atoms with van der Waals surface area (Å²) in [5.74, 6) is -1.95. The van der Waals surface area contributed by atoms with Gasteiger partial charge in [-0.3, -0.25) is 13.9 Å². The number of hydrogen-bond donors (Lipinski definition) is 3. The standard InChI is InChI=1S/C21H32FN2O6P/c22-17-11-9-16(10-12-17)6-2-4-15-31(28,29)30-19(8-1-3-13-23)20(25)24-14-5-7-18(24)21(26)27/h9-12,18-19H,1-8,13-15,23H2,(H,26,27)(H,28,29)/t18-,19-/m0/s1. The van der Waals surface area contributed by atoms with Gasteiger partial charge in [-0.1, -0.05) is 12.1 Å². The van der Waals surface area contributed by atoms with Crippen LogP contribution in [0.25, 0.3) is 0 Å². The van der Waals surface area contributed by atoms with Crippen LogP contribution >= 0.6 is 7.60 Å². The van der Waals surface area contributed by atoms with E-state index in [2.05, 4.69) is 0 Å². The largest absolute Gasteiger partial charge is 0.480 e. The number of likely N-dealkylation sites (tertiary alicyclic amines) is 1. The zero-order valence-corrected chi connectivity index (χ0v) is 18.5. The first-order chi connectivity index (χ1) is 14.7. The van der Waals surface area contributed by atoms with Gasteiger partial charge in [0, 0.05) is 6.54 Å². The van der Waals surface area contributed by atoms with Crippen LogP contribution in [0.1, 0.15) is 50.5 Å². The quantitative estimate of drug-likeness (QED) is 0.306. The molecule has 1 heterocycles. The Morgan fingerprint density at radius 2 is 1.94 bits per heavy atom. The van der Waals surface area contributed by atoms with Crippen molar-refractivity contribution in [3.05, 3.63) is 35.6 Å². The summed E-state index contributed by atoms with van der Waals surface area (Å²) in [6.45, 7) is 0.711. The van der Waals surface area contributed by atoms with Gasteiger partial charge in [-0.15, -0.1) is 0 Å². The van der Waals surface area contributed by atoms with E-state index in [1.807, 2.05) is 0 Å². The van der Waals surface area contributed by atoms with Gasteiger partial charge >= 0.3 is 13.6 Å². The molecule has 1 amide bonds. The van der Waals surface area contributed by atoms with Crippen molar-refractivity contribution in [3.63, 3.8) is 0 Å². The zero-order chi connectivity index (χ0) is 22.9. The highest BCUT2D eigenvalue weighted by atomic mass is 31.2. The van der Waals surface area contributed by atoms with Crippen molar-refractivity contribution in [2.75, 3.05) is 19.3 Å². The number of benzene rings is 1. The first-order valence-electron chi connectivity index (χ1n) is 10.7. The third kappa shape index (κ3) is 8.33. The monoisotopic (exact) mass is 458 g/mol. The van der Waals surface area contributed by atoms with E-state index < -0.39 is 31.6 Å². The highest BCUT2D eigenvalue weighted by molar-refractivity contribution is 7.52. The molecule has 0 aromatic heterocycles. The van der Waals surface area contributed by atoms with E-state index in [9.17, 15) is 28.5 Å². The molecular weight excluding hydrogens is 426 g/mol. The molecule has 1 saturated heterocycles. The fourth-order valence-corrected chi connectivity index (χ4v) is 5.03. The highest BCUT2D eigenvalue weighted by Crippen LogP contribution is 2.45. The van der Waals surface area contributed by atoms with Crippen molar-refractivity contribution in [2.24, 2.45) is 5.73 Å². The molecule has 0 spiro atoms. The van der Waals surface area contributed by atoms with Crippen molar-refractivity contribution in [1.29, 1.82) is 0 Å². The van der Waals surface area contributed by atoms with Crippen molar-refractivity contribution >= 4 is 19.5 Å². The third-order valence-corrected chi connectivity index (χ3v) is 6.84. The molecular formula is C21H32FN2O6P. The SMILES string of the molecule is NCCCC[C@H](OP(=O)(O)CCCCc1ccc(F)cc1)C(=O)N1CCC[C@H]1C(=O)O. The minimum atomic E-state index is -4.05. The number of carbonyl (C=O) groups excluding carboxylic acids is 1. The number of hydrogen-bond acceptors (Lipinski definition) is 5. The van der Waals surface area contributed by atoms with Gasteiger partial charge in [0.25, 0.3) is 5.91 Å². The maximum absolute atomic E-state index is 13.0. The molecule has 31 heavy (non-hydrogen) atoms. The van der Waals surface area contributed by atoms with Crippen molar-refractivity contribution < 1.29 is 33.1 Å². The van der Waals surface area contributed by atoms with Gasteiger partial charge in [0.15, 0.2) is 0 Å². The second kappa shape index (κ2) is 12.3. The van der Waals surface area contributed by atoms with Crippen molar-refractivity contribution in [1.82, 2.24) is 4.90 Å². The van der Waals surface area contributed by atoms with Crippen molar-refractivity contribution in [3.8, 4) is 0 Å². The minimum Gasteiger partial charge on any atom is -0.480 e. The average Bonchev–Trinajstić information content (AvgIpc) is 3.21. The van der Waals surface area contributed by atoms with Crippen LogP contribution in [0.4, 0.5) is 4.39 Å². The van der Waals surface area contributed by atoms with Crippen LogP contribution < -0.4 is 5.73 Å². The Morgan fingerprint density at radius 3 is 2.58 bits per heavy atom. The Hall–Kier alpha value is -1.80. The summed E-state index contributed by atoms with van der Waals surface area (Å²) in [6.07, 6.45) is 2.65. The lowest BCUT2D eigenvalue weighted by Crippen LogP contribution is -2.46. The summed E-state index contributed by atoms with van der Waals surface area (Å²) in [6, 6.07) is 5.16. The molecule has 4 N–H and O–H groups in total. The van der Waals surface area contributed by atoms with E-state index >= 15 is 0 Å². The molecule has 1 fully saturated rings. The van der Waals surface area contributed by atoms with Crippen LogP contribution in [0.3, 0.4) is 0 Å². The number of nitrogens with zero attached hydrogens (tertiary/aromatic N) is 1. The third-order valence-electron chi connectivity index (χ3n) is 5.38. The van der Waals surface area contributed by atoms with Gasteiger partial charge in [-0.2, -0.15) is 0 Å². The highest BCUT2D eigenvalue weighted by Gasteiger charge is 2.39. The number of nitrogens with two attached hydrogens (primary N) is 1. The second-order valence-corrected chi connectivity index (χ2v) is 9.78. The Kier molecular flexibility index (Phi) is 10.1. The second-order valence-electron chi connectivity index (χ2n) is 7.85. The molecule has 1 aliphatic rings. The van der Waals surface area contributed by atoms with Gasteiger partial charge in [-0.25, -0.2) is 9.18 Å². The maximum Gasteiger partial charge on any atom is 0.328 e. The van der Waals surface area contributed by atoms with Crippen LogP contribution in [0.15, 0.2) is 24.3 Å². The molecule has 0 aliphatic carbocycles. The lowest BCUT2D eigenvalue weighted by Gasteiger charge is -2.28. The summed E-state index contributed by atoms with van der Waals surface area (Å²) in [4.78, 5) is 35.9. The van der Waals surface area contributed by atoms with Gasteiger partial charge in [-0.05, 0) is 75.6 Å². The number of carbonyl (C=O) groups is 2. The lowest BCUT2D eigenvalue weighted by atomic mass is 10.1. The summed E-state index contributed by atoms with van der Waals surface area (Å²) >= 11 is 0. The molecule has 1 aliphatic heterocycles. The van der Waals surface area contributed by atoms with E-state index in [4.69, 9.17) is 10.3 Å². The first-order valence-corrected chi connectivity index (χ1v) is 12.5. The Balaban J connectivity index is 1.92. The van der Waals surface area contributed by atoms with E-state index in [0.29, 0.717) is 58.0 Å². The fourth-order valence-electron chi connectivity index (χ4n) is 3.71. The number of carboxylic acids is 1. The molecule has 3 atom stereocenters. The summed E-state index contributed by atoms with van der Waals surface area (Å²) < 4.78 is 31.0. The van der Waals surface area contributed by atoms with E-state index in [0.717, 1.165) is 5.56 Å². The summed E-state index contributed by atoms with van der Waals surface area (Å²) in [7, 11) is -4.05. The molecule has 8 nitrogen and oxygen atoms in total. The maximum atomic E-state index is 13.0. The predicted octanol–water partition coefficient (Wildman–Crippen LogP) is 2.92. The molecule has 1 aromatic rings. The first kappa shape index (κ1) is 25.5. The van der Waals surface area contributed by atoms with Gasteiger partial charge in [0.05, 0.1) is 6.16 Å². The molecule has 1 unspecified atom stereocenters. The number of rotatable bonds is 13. The van der Waals surface area contributed by atoms with Crippen LogP contribution in [-0.2, 0) is 25.1 Å². The molecule has 1 aromatic carbocycles. The zero-order valence-electron chi connectivity index (χ0n) is 17.6. The van der Waals surface area contributed by atoms with Crippen LogP contribution in [0.5, 0.6) is 0 Å². The molecule has 10 heteroatoms. The molecule has 0 radical (unpaired) electrons. The average molecular weight is 458 g/mol. The Bertz CT molecular complexity index is 776.